The average Bonchev–Trinajstić information content (AvgIpc) is 2.10. The first-order valence-corrected chi connectivity index (χ1v) is 6.65. The molecule has 0 rings (SSSR count). The Morgan fingerprint density at radius 1 is 1.00 bits per heavy atom. The molecular weight excluding hydrogens is 200 g/mol. The number of hydrogen-bond acceptors (Lipinski definition) is 2. The van der Waals surface area contributed by atoms with E-state index >= 15 is 0 Å². The highest BCUT2D eigenvalue weighted by molar-refractivity contribution is 4.90. The molecule has 2 unspecified atom stereocenters. The van der Waals surface area contributed by atoms with Crippen LogP contribution in [0.5, 0.6) is 0 Å². The van der Waals surface area contributed by atoms with E-state index in [0.29, 0.717) is 12.3 Å². The van der Waals surface area contributed by atoms with Crippen molar-refractivity contribution in [3.05, 3.63) is 0 Å². The van der Waals surface area contributed by atoms with E-state index in [-0.39, 0.29) is 0 Å². The maximum absolute atomic E-state index is 10.2. The van der Waals surface area contributed by atoms with Gasteiger partial charge in [0.05, 0.1) is 11.2 Å². The number of hydrogen-bond donors (Lipinski definition) is 2. The van der Waals surface area contributed by atoms with Crippen LogP contribution in [0.1, 0.15) is 73.1 Å². The fourth-order valence-electron chi connectivity index (χ4n) is 1.95. The Labute approximate surface area is 101 Å². The number of unbranched alkanes of at least 4 members (excludes halogenated alkanes) is 3. The zero-order valence-corrected chi connectivity index (χ0v) is 11.7. The van der Waals surface area contributed by atoms with E-state index in [1.807, 2.05) is 0 Å². The van der Waals surface area contributed by atoms with Crippen molar-refractivity contribution in [3.8, 4) is 0 Å². The summed E-state index contributed by atoms with van der Waals surface area (Å²) < 4.78 is 0. The smallest absolute Gasteiger partial charge is 0.0902 e. The van der Waals surface area contributed by atoms with Crippen LogP contribution in [0.2, 0.25) is 0 Å². The maximum Gasteiger partial charge on any atom is 0.0902 e. The molecule has 2 heteroatoms. The van der Waals surface area contributed by atoms with Gasteiger partial charge in [-0.2, -0.15) is 0 Å². The second-order valence-corrected chi connectivity index (χ2v) is 5.99. The van der Waals surface area contributed by atoms with E-state index in [0.717, 1.165) is 6.42 Å². The molecule has 0 heterocycles. The Balaban J connectivity index is 3.90. The van der Waals surface area contributed by atoms with Gasteiger partial charge in [0.15, 0.2) is 0 Å². The molecule has 98 valence electrons. The van der Waals surface area contributed by atoms with Gasteiger partial charge >= 0.3 is 0 Å². The zero-order chi connectivity index (χ0) is 12.8. The molecule has 0 aromatic carbocycles. The molecule has 0 aromatic heterocycles. The maximum atomic E-state index is 10.2. The van der Waals surface area contributed by atoms with Gasteiger partial charge in [0.25, 0.3) is 0 Å². The molecule has 0 saturated heterocycles. The van der Waals surface area contributed by atoms with Crippen molar-refractivity contribution in [2.24, 2.45) is 5.92 Å². The van der Waals surface area contributed by atoms with Crippen molar-refractivity contribution in [1.82, 2.24) is 0 Å². The normalized spacial score (nSPS) is 18.2. The van der Waals surface area contributed by atoms with E-state index in [1.165, 1.54) is 25.7 Å². The van der Waals surface area contributed by atoms with Crippen molar-refractivity contribution in [1.29, 1.82) is 0 Å². The fraction of sp³-hybridized carbons (Fsp3) is 1.00. The van der Waals surface area contributed by atoms with Crippen LogP contribution in [0.15, 0.2) is 0 Å². The molecule has 0 spiro atoms. The van der Waals surface area contributed by atoms with Crippen LogP contribution in [0.3, 0.4) is 0 Å². The quantitative estimate of drug-likeness (QED) is 0.626. The number of aliphatic hydroxyl groups is 2. The summed E-state index contributed by atoms with van der Waals surface area (Å²) in [4.78, 5) is 0. The molecule has 0 saturated carbocycles. The molecule has 2 nitrogen and oxygen atoms in total. The predicted octanol–water partition coefficient (Wildman–Crippen LogP) is 3.50. The second kappa shape index (κ2) is 6.61. The molecule has 0 amide bonds. The molecule has 0 aliphatic rings. The third-order valence-corrected chi connectivity index (χ3v) is 3.61. The van der Waals surface area contributed by atoms with E-state index in [2.05, 4.69) is 13.8 Å². The van der Waals surface area contributed by atoms with Crippen LogP contribution in [0.4, 0.5) is 0 Å². The SMILES string of the molecule is CCCCCCC(C)CC(C)(O)C(C)(C)O. The first-order chi connectivity index (χ1) is 7.20. The highest BCUT2D eigenvalue weighted by atomic mass is 16.3. The van der Waals surface area contributed by atoms with Gasteiger partial charge in [0.2, 0.25) is 0 Å². The lowest BCUT2D eigenvalue weighted by Gasteiger charge is -2.37. The van der Waals surface area contributed by atoms with Gasteiger partial charge < -0.3 is 10.2 Å². The molecule has 2 N–H and O–H groups in total. The Bertz CT molecular complexity index is 180. The summed E-state index contributed by atoms with van der Waals surface area (Å²) in [6.07, 6.45) is 6.89. The largest absolute Gasteiger partial charge is 0.387 e. The fourth-order valence-corrected chi connectivity index (χ4v) is 1.95. The number of rotatable bonds is 8. The minimum atomic E-state index is -1.02. The summed E-state index contributed by atoms with van der Waals surface area (Å²) in [6.45, 7) is 9.46. The third-order valence-electron chi connectivity index (χ3n) is 3.61. The molecule has 2 atom stereocenters. The van der Waals surface area contributed by atoms with E-state index in [9.17, 15) is 10.2 Å². The lowest BCUT2D eigenvalue weighted by molar-refractivity contribution is -0.130. The van der Waals surface area contributed by atoms with E-state index in [4.69, 9.17) is 0 Å². The summed E-state index contributed by atoms with van der Waals surface area (Å²) in [5.74, 6) is 0.471. The second-order valence-electron chi connectivity index (χ2n) is 5.99. The Morgan fingerprint density at radius 3 is 2.00 bits per heavy atom. The van der Waals surface area contributed by atoms with Crippen molar-refractivity contribution in [2.45, 2.75) is 84.3 Å². The standard InChI is InChI=1S/C14H30O2/c1-6-7-8-9-10-12(2)11-14(5,16)13(3,4)15/h12,15-16H,6-11H2,1-5H3. The van der Waals surface area contributed by atoms with Gasteiger partial charge in [-0.1, -0.05) is 46.0 Å². The third kappa shape index (κ3) is 5.86. The van der Waals surface area contributed by atoms with E-state index < -0.39 is 11.2 Å². The van der Waals surface area contributed by atoms with Crippen molar-refractivity contribution in [3.63, 3.8) is 0 Å². The van der Waals surface area contributed by atoms with Crippen molar-refractivity contribution in [2.75, 3.05) is 0 Å². The van der Waals surface area contributed by atoms with Crippen LogP contribution in [0.25, 0.3) is 0 Å². The van der Waals surface area contributed by atoms with Crippen molar-refractivity contribution < 1.29 is 10.2 Å². The first-order valence-electron chi connectivity index (χ1n) is 6.65. The topological polar surface area (TPSA) is 40.5 Å². The minimum Gasteiger partial charge on any atom is -0.387 e. The van der Waals surface area contributed by atoms with Crippen LogP contribution < -0.4 is 0 Å². The zero-order valence-electron chi connectivity index (χ0n) is 11.7. The molecule has 0 bridgehead atoms. The summed E-state index contributed by atoms with van der Waals surface area (Å²) in [6, 6.07) is 0. The Kier molecular flexibility index (Phi) is 6.57. The molecule has 0 aliphatic carbocycles. The van der Waals surface area contributed by atoms with Crippen LogP contribution in [-0.2, 0) is 0 Å². The Morgan fingerprint density at radius 2 is 1.56 bits per heavy atom. The van der Waals surface area contributed by atoms with Gasteiger partial charge in [0.1, 0.15) is 0 Å². The first kappa shape index (κ1) is 15.9. The van der Waals surface area contributed by atoms with Crippen molar-refractivity contribution >= 4 is 0 Å². The lowest BCUT2D eigenvalue weighted by atomic mass is 9.79. The van der Waals surface area contributed by atoms with Gasteiger partial charge in [-0.15, -0.1) is 0 Å². The summed E-state index contributed by atoms with van der Waals surface area (Å²) >= 11 is 0. The average molecular weight is 230 g/mol. The van der Waals surface area contributed by atoms with Gasteiger partial charge in [-0.3, -0.25) is 0 Å². The van der Waals surface area contributed by atoms with Crippen LogP contribution in [-0.4, -0.2) is 21.4 Å². The van der Waals surface area contributed by atoms with Crippen LogP contribution in [0, 0.1) is 5.92 Å². The molecule has 0 fully saturated rings. The molecule has 0 aliphatic heterocycles. The molecular formula is C14H30O2. The predicted molar refractivity (Wildman–Crippen MR) is 69.5 cm³/mol. The molecule has 16 heavy (non-hydrogen) atoms. The summed E-state index contributed by atoms with van der Waals surface area (Å²) in [5.41, 5.74) is -2.01. The van der Waals surface area contributed by atoms with Gasteiger partial charge in [-0.25, -0.2) is 0 Å². The highest BCUT2D eigenvalue weighted by Crippen LogP contribution is 2.30. The lowest BCUT2D eigenvalue weighted by Crippen LogP contribution is -2.48. The van der Waals surface area contributed by atoms with E-state index in [1.54, 1.807) is 20.8 Å². The monoisotopic (exact) mass is 230 g/mol. The van der Waals surface area contributed by atoms with Gasteiger partial charge in [-0.05, 0) is 33.1 Å². The van der Waals surface area contributed by atoms with Crippen LogP contribution >= 0.6 is 0 Å². The molecule has 0 radical (unpaired) electrons. The summed E-state index contributed by atoms with van der Waals surface area (Å²) in [7, 11) is 0. The molecule has 0 aromatic rings. The Hall–Kier alpha value is -0.0800. The summed E-state index contributed by atoms with van der Waals surface area (Å²) in [5, 5.41) is 20.0. The minimum absolute atomic E-state index is 0.471. The highest BCUT2D eigenvalue weighted by Gasteiger charge is 2.38. The van der Waals surface area contributed by atoms with Gasteiger partial charge in [0, 0.05) is 0 Å².